The summed E-state index contributed by atoms with van der Waals surface area (Å²) in [5.41, 5.74) is 2.58. The number of rotatable bonds is 1. The van der Waals surface area contributed by atoms with Crippen molar-refractivity contribution in [2.75, 3.05) is 4.43 Å². The molecule has 0 amide bonds. The molecule has 0 aliphatic carbocycles. The molecule has 2 aromatic rings. The minimum atomic E-state index is 0.326. The molecule has 1 aliphatic heterocycles. The van der Waals surface area contributed by atoms with Crippen LogP contribution in [0.4, 0.5) is 0 Å². The molecule has 82 valence electrons. The van der Waals surface area contributed by atoms with E-state index in [1.165, 1.54) is 16.5 Å². The maximum Gasteiger partial charge on any atom is 0.368 e. The molecule has 3 rings (SSSR count). The van der Waals surface area contributed by atoms with Gasteiger partial charge in [0.1, 0.15) is 0 Å². The summed E-state index contributed by atoms with van der Waals surface area (Å²) in [6, 6.07) is 10.8. The second-order valence-electron chi connectivity index (χ2n) is 4.24. The monoisotopic (exact) mass is 326 g/mol. The summed E-state index contributed by atoms with van der Waals surface area (Å²) in [6.45, 7) is 3.10. The molecule has 1 aromatic carbocycles. The van der Waals surface area contributed by atoms with Crippen molar-refractivity contribution < 1.29 is 9.30 Å². The second kappa shape index (κ2) is 3.87. The smallest absolute Gasteiger partial charge is 0.368 e. The molecule has 1 aromatic heterocycles. The Morgan fingerprint density at radius 2 is 2.25 bits per heavy atom. The van der Waals surface area contributed by atoms with Gasteiger partial charge in [0.25, 0.3) is 0 Å². The molecule has 0 fully saturated rings. The summed E-state index contributed by atoms with van der Waals surface area (Å²) in [6.07, 6.45) is 0.326. The normalized spacial score (nSPS) is 18.5. The summed E-state index contributed by atoms with van der Waals surface area (Å²) in [4.78, 5) is 0. The van der Waals surface area contributed by atoms with Gasteiger partial charge >= 0.3 is 5.88 Å². The van der Waals surface area contributed by atoms with Crippen LogP contribution in [0.2, 0.25) is 0 Å². The lowest BCUT2D eigenvalue weighted by Crippen LogP contribution is -2.33. The second-order valence-corrected chi connectivity index (χ2v) is 5.12. The van der Waals surface area contributed by atoms with Crippen LogP contribution >= 0.6 is 22.6 Å². The van der Waals surface area contributed by atoms with Crippen LogP contribution in [0.1, 0.15) is 5.56 Å². The van der Waals surface area contributed by atoms with Gasteiger partial charge in [-0.2, -0.15) is 4.57 Å². The number of aromatic nitrogens is 1. The fourth-order valence-electron chi connectivity index (χ4n) is 2.21. The maximum atomic E-state index is 5.85. The molecule has 0 bridgehead atoms. The first kappa shape index (κ1) is 10.3. The Morgan fingerprint density at radius 3 is 3.06 bits per heavy atom. The Hall–Kier alpha value is -0.840. The van der Waals surface area contributed by atoms with Crippen molar-refractivity contribution in [3.05, 3.63) is 35.9 Å². The average Bonchev–Trinajstić information content (AvgIpc) is 2.71. The molecule has 2 heterocycles. The molecule has 2 nitrogen and oxygen atoms in total. The van der Waals surface area contributed by atoms with Crippen LogP contribution in [0.25, 0.3) is 10.9 Å². The number of fused-ring (bicyclic) bond motifs is 3. The number of pyridine rings is 1. The van der Waals surface area contributed by atoms with Gasteiger partial charge in [-0.3, -0.25) is 0 Å². The van der Waals surface area contributed by atoms with Gasteiger partial charge in [-0.05, 0) is 19.1 Å². The summed E-state index contributed by atoms with van der Waals surface area (Å²) < 4.78 is 9.16. The molecular formula is C13H13INO+. The van der Waals surface area contributed by atoms with E-state index in [9.17, 15) is 0 Å². The van der Waals surface area contributed by atoms with E-state index < -0.39 is 0 Å². The zero-order valence-electron chi connectivity index (χ0n) is 9.11. The van der Waals surface area contributed by atoms with E-state index in [1.807, 2.05) is 0 Å². The Labute approximate surface area is 108 Å². The Kier molecular flexibility index (Phi) is 2.50. The molecule has 0 N–H and O–H groups in total. The summed E-state index contributed by atoms with van der Waals surface area (Å²) in [5, 5.41) is 1.29. The van der Waals surface area contributed by atoms with Gasteiger partial charge in [-0.15, -0.1) is 0 Å². The summed E-state index contributed by atoms with van der Waals surface area (Å²) >= 11 is 2.38. The highest BCUT2D eigenvalue weighted by Gasteiger charge is 2.31. The van der Waals surface area contributed by atoms with Gasteiger partial charge in [0.05, 0.1) is 6.07 Å². The van der Waals surface area contributed by atoms with E-state index in [-0.39, 0.29) is 0 Å². The van der Waals surface area contributed by atoms with E-state index in [4.69, 9.17) is 4.74 Å². The lowest BCUT2D eigenvalue weighted by Gasteiger charge is -1.98. The van der Waals surface area contributed by atoms with Crippen LogP contribution in [0.5, 0.6) is 5.88 Å². The van der Waals surface area contributed by atoms with E-state index in [0.29, 0.717) is 6.10 Å². The molecule has 0 spiro atoms. The minimum Gasteiger partial charge on any atom is -0.433 e. The number of hydrogen-bond donors (Lipinski definition) is 0. The fourth-order valence-corrected chi connectivity index (χ4v) is 2.66. The largest absolute Gasteiger partial charge is 0.433 e. The number of aryl methyl sites for hydroxylation is 1. The average molecular weight is 326 g/mol. The van der Waals surface area contributed by atoms with Crippen LogP contribution in [-0.2, 0) is 6.54 Å². The lowest BCUT2D eigenvalue weighted by atomic mass is 10.1. The number of alkyl halides is 1. The van der Waals surface area contributed by atoms with Crippen LogP contribution in [-0.4, -0.2) is 10.5 Å². The SMILES string of the molecule is Cc1ccc2c(ccc3[n+]2CC(CI)O3)c1. The van der Waals surface area contributed by atoms with Crippen molar-refractivity contribution in [3.63, 3.8) is 0 Å². The van der Waals surface area contributed by atoms with Crippen molar-refractivity contribution in [3.8, 4) is 5.88 Å². The maximum absolute atomic E-state index is 5.85. The van der Waals surface area contributed by atoms with Gasteiger partial charge in [-0.25, -0.2) is 0 Å². The third kappa shape index (κ3) is 1.57. The Bertz CT molecular complexity index is 553. The third-order valence-corrected chi connectivity index (χ3v) is 3.97. The molecule has 0 radical (unpaired) electrons. The van der Waals surface area contributed by atoms with Crippen LogP contribution in [0.15, 0.2) is 30.3 Å². The molecule has 0 saturated heterocycles. The zero-order chi connectivity index (χ0) is 11.1. The highest BCUT2D eigenvalue weighted by Crippen LogP contribution is 2.21. The van der Waals surface area contributed by atoms with Crippen molar-refractivity contribution in [1.82, 2.24) is 0 Å². The highest BCUT2D eigenvalue weighted by atomic mass is 127. The predicted molar refractivity (Wildman–Crippen MR) is 72.2 cm³/mol. The van der Waals surface area contributed by atoms with Crippen molar-refractivity contribution in [2.45, 2.75) is 19.6 Å². The predicted octanol–water partition coefficient (Wildman–Crippen LogP) is 2.63. The molecular weight excluding hydrogens is 313 g/mol. The van der Waals surface area contributed by atoms with Gasteiger partial charge in [0.15, 0.2) is 12.6 Å². The summed E-state index contributed by atoms with van der Waals surface area (Å²) in [5.74, 6) is 0.998. The van der Waals surface area contributed by atoms with Gasteiger partial charge in [0.2, 0.25) is 5.52 Å². The highest BCUT2D eigenvalue weighted by molar-refractivity contribution is 14.1. The quantitative estimate of drug-likeness (QED) is 0.446. The van der Waals surface area contributed by atoms with Crippen LogP contribution in [0, 0.1) is 6.92 Å². The first-order chi connectivity index (χ1) is 7.78. The molecule has 1 atom stereocenters. The fraction of sp³-hybridized carbons (Fsp3) is 0.308. The molecule has 3 heteroatoms. The standard InChI is InChI=1S/C13H13INO/c1-9-2-4-12-10(6-9)3-5-13-15(12)8-11(7-14)16-13/h2-6,11H,7-8H2,1H3/q+1. The third-order valence-electron chi connectivity index (χ3n) is 2.99. The van der Waals surface area contributed by atoms with Crippen molar-refractivity contribution >= 4 is 33.5 Å². The van der Waals surface area contributed by atoms with Crippen LogP contribution in [0.3, 0.4) is 0 Å². The van der Waals surface area contributed by atoms with Gasteiger partial charge in [0, 0.05) is 15.9 Å². The van der Waals surface area contributed by atoms with E-state index >= 15 is 0 Å². The van der Waals surface area contributed by atoms with E-state index in [2.05, 4.69) is 64.4 Å². The molecule has 1 unspecified atom stereocenters. The molecule has 16 heavy (non-hydrogen) atoms. The first-order valence-corrected chi connectivity index (χ1v) is 6.96. The Morgan fingerprint density at radius 1 is 1.38 bits per heavy atom. The Balaban J connectivity index is 2.20. The van der Waals surface area contributed by atoms with E-state index in [0.717, 1.165) is 16.9 Å². The first-order valence-electron chi connectivity index (χ1n) is 5.44. The lowest BCUT2D eigenvalue weighted by molar-refractivity contribution is -0.655. The topological polar surface area (TPSA) is 13.1 Å². The van der Waals surface area contributed by atoms with Crippen molar-refractivity contribution in [2.24, 2.45) is 0 Å². The number of halogens is 1. The summed E-state index contributed by atoms with van der Waals surface area (Å²) in [7, 11) is 0. The van der Waals surface area contributed by atoms with E-state index in [1.54, 1.807) is 0 Å². The van der Waals surface area contributed by atoms with Gasteiger partial charge < -0.3 is 4.74 Å². The van der Waals surface area contributed by atoms with Crippen molar-refractivity contribution in [1.29, 1.82) is 0 Å². The molecule has 0 saturated carbocycles. The zero-order valence-corrected chi connectivity index (χ0v) is 11.3. The number of ether oxygens (including phenoxy) is 1. The van der Waals surface area contributed by atoms with Crippen LogP contribution < -0.4 is 9.30 Å². The number of benzene rings is 1. The number of hydrogen-bond acceptors (Lipinski definition) is 1. The van der Waals surface area contributed by atoms with Gasteiger partial charge in [-0.1, -0.05) is 34.2 Å². The number of nitrogens with zero attached hydrogens (tertiary/aromatic N) is 1. The molecule has 1 aliphatic rings. The minimum absolute atomic E-state index is 0.326.